The number of carbonyl (C=O) groups is 1. The third-order valence-corrected chi connectivity index (χ3v) is 4.47. The van der Waals surface area contributed by atoms with Crippen molar-refractivity contribution in [2.24, 2.45) is 5.73 Å². The van der Waals surface area contributed by atoms with Crippen LogP contribution in [0.25, 0.3) is 5.69 Å². The van der Waals surface area contributed by atoms with Crippen molar-refractivity contribution < 1.29 is 9.18 Å². The van der Waals surface area contributed by atoms with Crippen molar-refractivity contribution in [1.29, 1.82) is 0 Å². The van der Waals surface area contributed by atoms with Gasteiger partial charge in [-0.3, -0.25) is 4.79 Å². The first-order valence-corrected chi connectivity index (χ1v) is 7.93. The van der Waals surface area contributed by atoms with E-state index in [1.807, 2.05) is 11.8 Å². The normalized spacial score (nSPS) is 17.5. The number of halogens is 2. The van der Waals surface area contributed by atoms with Gasteiger partial charge in [0, 0.05) is 19.1 Å². The monoisotopic (exact) mass is 352 g/mol. The van der Waals surface area contributed by atoms with Gasteiger partial charge >= 0.3 is 0 Å². The molecule has 1 saturated heterocycles. The zero-order valence-corrected chi connectivity index (χ0v) is 14.4. The van der Waals surface area contributed by atoms with Crippen LogP contribution in [0.2, 0.25) is 0 Å². The minimum absolute atomic E-state index is 0. The molecular formula is C17H22ClFN4O. The number of likely N-dealkylation sites (tertiary alicyclic amines) is 1. The predicted molar refractivity (Wildman–Crippen MR) is 93.2 cm³/mol. The zero-order chi connectivity index (χ0) is 16.4. The fraction of sp³-hybridized carbons (Fsp3) is 0.412. The Morgan fingerprint density at radius 1 is 1.33 bits per heavy atom. The molecule has 2 aromatic rings. The van der Waals surface area contributed by atoms with Crippen LogP contribution in [0.4, 0.5) is 4.39 Å². The summed E-state index contributed by atoms with van der Waals surface area (Å²) in [6.45, 7) is 3.07. The van der Waals surface area contributed by atoms with Crippen molar-refractivity contribution >= 4 is 18.3 Å². The fourth-order valence-electron chi connectivity index (χ4n) is 3.13. The Hall–Kier alpha value is -1.92. The first-order valence-electron chi connectivity index (χ1n) is 7.93. The Bertz CT molecular complexity index is 701. The molecule has 0 bridgehead atoms. The lowest BCUT2D eigenvalue weighted by atomic mass is 10.0. The number of nitrogens with zero attached hydrogens (tertiary/aromatic N) is 3. The molecular weight excluding hydrogens is 331 g/mol. The smallest absolute Gasteiger partial charge is 0.257 e. The first kappa shape index (κ1) is 18.4. The molecule has 130 valence electrons. The number of nitrogens with two attached hydrogens (primary N) is 1. The van der Waals surface area contributed by atoms with E-state index >= 15 is 0 Å². The molecule has 1 aromatic carbocycles. The first-order chi connectivity index (χ1) is 11.1. The Morgan fingerprint density at radius 2 is 2.04 bits per heavy atom. The van der Waals surface area contributed by atoms with E-state index in [0.29, 0.717) is 12.1 Å². The number of hydrogen-bond donors (Lipinski definition) is 1. The fourth-order valence-corrected chi connectivity index (χ4v) is 3.13. The van der Waals surface area contributed by atoms with Crippen molar-refractivity contribution in [2.45, 2.75) is 32.2 Å². The molecule has 7 heteroatoms. The Balaban J connectivity index is 0.00000208. The molecule has 1 aliphatic rings. The van der Waals surface area contributed by atoms with E-state index < -0.39 is 0 Å². The molecule has 1 aliphatic heterocycles. The second-order valence-corrected chi connectivity index (χ2v) is 5.92. The molecule has 1 unspecified atom stereocenters. The van der Waals surface area contributed by atoms with Gasteiger partial charge in [-0.15, -0.1) is 12.4 Å². The second-order valence-electron chi connectivity index (χ2n) is 5.92. The van der Waals surface area contributed by atoms with E-state index in [9.17, 15) is 9.18 Å². The van der Waals surface area contributed by atoms with Crippen LogP contribution in [0, 0.1) is 12.7 Å². The summed E-state index contributed by atoms with van der Waals surface area (Å²) in [6.07, 6.45) is 4.66. The lowest BCUT2D eigenvalue weighted by molar-refractivity contribution is 0.0622. The van der Waals surface area contributed by atoms with E-state index in [0.717, 1.165) is 37.2 Å². The van der Waals surface area contributed by atoms with Gasteiger partial charge in [-0.1, -0.05) is 0 Å². The largest absolute Gasteiger partial charge is 0.334 e. The number of hydrogen-bond acceptors (Lipinski definition) is 3. The highest BCUT2D eigenvalue weighted by atomic mass is 35.5. The molecule has 0 radical (unpaired) electrons. The number of aromatic nitrogens is 2. The summed E-state index contributed by atoms with van der Waals surface area (Å²) >= 11 is 0. The van der Waals surface area contributed by atoms with Crippen LogP contribution in [0.15, 0.2) is 30.5 Å². The van der Waals surface area contributed by atoms with Crippen LogP contribution in [0.1, 0.15) is 35.3 Å². The van der Waals surface area contributed by atoms with Gasteiger partial charge in [0.1, 0.15) is 5.82 Å². The number of rotatable bonds is 3. The van der Waals surface area contributed by atoms with E-state index in [-0.39, 0.29) is 30.2 Å². The van der Waals surface area contributed by atoms with Gasteiger partial charge in [-0.2, -0.15) is 5.10 Å². The van der Waals surface area contributed by atoms with Gasteiger partial charge in [0.25, 0.3) is 5.91 Å². The molecule has 0 spiro atoms. The minimum Gasteiger partial charge on any atom is -0.334 e. The maximum atomic E-state index is 13.1. The van der Waals surface area contributed by atoms with Crippen molar-refractivity contribution in [1.82, 2.24) is 14.7 Å². The number of carbonyl (C=O) groups excluding carboxylic acids is 1. The average molecular weight is 353 g/mol. The molecule has 2 heterocycles. The topological polar surface area (TPSA) is 64.2 Å². The number of benzene rings is 1. The molecule has 1 fully saturated rings. The van der Waals surface area contributed by atoms with Crippen molar-refractivity contribution in [2.75, 3.05) is 13.1 Å². The van der Waals surface area contributed by atoms with Crippen LogP contribution < -0.4 is 5.73 Å². The molecule has 1 aromatic heterocycles. The summed E-state index contributed by atoms with van der Waals surface area (Å²) in [5, 5.41) is 4.30. The molecule has 2 N–H and O–H groups in total. The lowest BCUT2D eigenvalue weighted by Crippen LogP contribution is -2.47. The quantitative estimate of drug-likeness (QED) is 0.923. The van der Waals surface area contributed by atoms with Gasteiger partial charge in [-0.25, -0.2) is 9.07 Å². The van der Waals surface area contributed by atoms with Gasteiger partial charge in [-0.05, 0) is 50.5 Å². The van der Waals surface area contributed by atoms with Crippen LogP contribution in [-0.4, -0.2) is 39.7 Å². The molecule has 5 nitrogen and oxygen atoms in total. The summed E-state index contributed by atoms with van der Waals surface area (Å²) in [5.74, 6) is -0.319. The van der Waals surface area contributed by atoms with Crippen LogP contribution in [0.3, 0.4) is 0 Å². The molecule has 1 atom stereocenters. The van der Waals surface area contributed by atoms with Gasteiger partial charge in [0.2, 0.25) is 0 Å². The zero-order valence-electron chi connectivity index (χ0n) is 13.6. The molecule has 0 aliphatic carbocycles. The highest BCUT2D eigenvalue weighted by Gasteiger charge is 2.28. The highest BCUT2D eigenvalue weighted by Crippen LogP contribution is 2.22. The molecule has 0 saturated carbocycles. The summed E-state index contributed by atoms with van der Waals surface area (Å²) in [6, 6.07) is 6.16. The number of piperidine rings is 1. The summed E-state index contributed by atoms with van der Waals surface area (Å²) < 4.78 is 14.7. The Morgan fingerprint density at radius 3 is 2.71 bits per heavy atom. The van der Waals surface area contributed by atoms with Crippen LogP contribution in [0.5, 0.6) is 0 Å². The van der Waals surface area contributed by atoms with E-state index in [4.69, 9.17) is 5.73 Å². The standard InChI is InChI=1S/C17H21FN4O.ClH/c1-12-16(17(23)21-9-3-2-4-15(21)10-19)11-20-22(12)14-7-5-13(18)6-8-14;/h5-8,11,15H,2-4,9-10,19H2,1H3;1H. The van der Waals surface area contributed by atoms with Crippen molar-refractivity contribution in [3.8, 4) is 5.69 Å². The van der Waals surface area contributed by atoms with Gasteiger partial charge in [0.05, 0.1) is 23.1 Å². The molecule has 3 rings (SSSR count). The predicted octanol–water partition coefficient (Wildman–Crippen LogP) is 2.70. The summed E-state index contributed by atoms with van der Waals surface area (Å²) in [4.78, 5) is 14.7. The van der Waals surface area contributed by atoms with Gasteiger partial charge in [0.15, 0.2) is 0 Å². The maximum Gasteiger partial charge on any atom is 0.257 e. The van der Waals surface area contributed by atoms with E-state index in [2.05, 4.69) is 5.10 Å². The average Bonchev–Trinajstić information content (AvgIpc) is 2.96. The minimum atomic E-state index is -0.297. The lowest BCUT2D eigenvalue weighted by Gasteiger charge is -2.35. The van der Waals surface area contributed by atoms with Crippen molar-refractivity contribution in [3.63, 3.8) is 0 Å². The van der Waals surface area contributed by atoms with Crippen LogP contribution in [-0.2, 0) is 0 Å². The third kappa shape index (κ3) is 3.44. The van der Waals surface area contributed by atoms with Crippen LogP contribution >= 0.6 is 12.4 Å². The maximum absolute atomic E-state index is 13.1. The van der Waals surface area contributed by atoms with E-state index in [1.54, 1.807) is 23.0 Å². The Labute approximate surface area is 147 Å². The van der Waals surface area contributed by atoms with E-state index in [1.165, 1.54) is 12.1 Å². The van der Waals surface area contributed by atoms with Crippen molar-refractivity contribution in [3.05, 3.63) is 47.5 Å². The molecule has 1 amide bonds. The third-order valence-electron chi connectivity index (χ3n) is 4.47. The molecule has 24 heavy (non-hydrogen) atoms. The summed E-state index contributed by atoms with van der Waals surface area (Å²) in [5.41, 5.74) is 7.87. The number of amides is 1. The SMILES string of the molecule is Cc1c(C(=O)N2CCCCC2CN)cnn1-c1ccc(F)cc1.Cl. The van der Waals surface area contributed by atoms with Gasteiger partial charge < -0.3 is 10.6 Å². The Kier molecular flexibility index (Phi) is 5.96. The summed E-state index contributed by atoms with van der Waals surface area (Å²) in [7, 11) is 0. The second kappa shape index (κ2) is 7.77. The highest BCUT2D eigenvalue weighted by molar-refractivity contribution is 5.95.